The average Bonchev–Trinajstić information content (AvgIpc) is 3.02. The minimum absolute atomic E-state index is 0.0491. The molecule has 0 saturated heterocycles. The smallest absolute Gasteiger partial charge is 0.341 e. The van der Waals surface area contributed by atoms with Crippen LogP contribution in [-0.4, -0.2) is 21.1 Å². The van der Waals surface area contributed by atoms with Crippen molar-refractivity contribution in [3.05, 3.63) is 87.1 Å². The summed E-state index contributed by atoms with van der Waals surface area (Å²) in [5.74, 6) is -0.503. The number of carbonyl (C=O) groups excluding carboxylic acids is 1. The largest absolute Gasteiger partial charge is 0.342 e. The molecule has 24 heavy (non-hydrogen) atoms. The normalized spacial score (nSPS) is 11.9. The van der Waals surface area contributed by atoms with Gasteiger partial charge >= 0.3 is 5.69 Å². The third kappa shape index (κ3) is 3.91. The van der Waals surface area contributed by atoms with Crippen LogP contribution in [0.15, 0.2) is 59.4 Å². The summed E-state index contributed by atoms with van der Waals surface area (Å²) in [6, 6.07) is 16.8. The zero-order valence-corrected chi connectivity index (χ0v) is 13.4. The Morgan fingerprint density at radius 1 is 1.12 bits per heavy atom. The van der Waals surface area contributed by atoms with Crippen LogP contribution in [0.2, 0.25) is 5.02 Å². The Morgan fingerprint density at radius 2 is 1.83 bits per heavy atom. The Balaban J connectivity index is 1.85. The maximum atomic E-state index is 12.3. The molecule has 0 saturated carbocycles. The lowest BCUT2D eigenvalue weighted by molar-refractivity contribution is 0.0926. The molecule has 3 N–H and O–H groups in total. The molecule has 0 radical (unpaired) electrons. The molecule has 1 atom stereocenters. The second kappa shape index (κ2) is 7.14. The van der Waals surface area contributed by atoms with Crippen molar-refractivity contribution in [3.63, 3.8) is 0 Å². The molecule has 0 bridgehead atoms. The molecule has 0 unspecified atom stereocenters. The van der Waals surface area contributed by atoms with E-state index in [0.717, 1.165) is 11.1 Å². The van der Waals surface area contributed by atoms with Gasteiger partial charge in [-0.1, -0.05) is 54.1 Å². The molecule has 0 aliphatic rings. The van der Waals surface area contributed by atoms with E-state index in [2.05, 4.69) is 20.5 Å². The van der Waals surface area contributed by atoms with Gasteiger partial charge in [-0.2, -0.15) is 0 Å². The van der Waals surface area contributed by atoms with Crippen molar-refractivity contribution in [2.75, 3.05) is 0 Å². The summed E-state index contributed by atoms with van der Waals surface area (Å²) in [5, 5.41) is 9.36. The lowest BCUT2D eigenvalue weighted by Crippen LogP contribution is -2.31. The Kier molecular flexibility index (Phi) is 4.77. The predicted molar refractivity (Wildman–Crippen MR) is 91.0 cm³/mol. The van der Waals surface area contributed by atoms with E-state index in [1.54, 1.807) is 12.1 Å². The molecule has 122 valence electrons. The van der Waals surface area contributed by atoms with Crippen LogP contribution in [0.4, 0.5) is 0 Å². The quantitative estimate of drug-likeness (QED) is 0.665. The van der Waals surface area contributed by atoms with Gasteiger partial charge in [0.1, 0.15) is 0 Å². The van der Waals surface area contributed by atoms with Crippen LogP contribution in [0.25, 0.3) is 0 Å². The van der Waals surface area contributed by atoms with Gasteiger partial charge < -0.3 is 5.32 Å². The van der Waals surface area contributed by atoms with Gasteiger partial charge in [0.25, 0.3) is 5.91 Å². The van der Waals surface area contributed by atoms with Crippen molar-refractivity contribution in [2.24, 2.45) is 0 Å². The standard InChI is InChI=1S/C17H15ClN4O2/c18-13-8-6-12(7-9-13)14(10-11-4-2-1-3-5-11)19-16(23)15-20-17(24)22-21-15/h1-9,14H,10H2,(H,19,23)(H2,20,21,22,24)/t14-/m1/s1. The summed E-state index contributed by atoms with van der Waals surface area (Å²) >= 11 is 5.94. The summed E-state index contributed by atoms with van der Waals surface area (Å²) in [6.45, 7) is 0. The van der Waals surface area contributed by atoms with Crippen LogP contribution >= 0.6 is 11.6 Å². The number of nitrogens with one attached hydrogen (secondary N) is 3. The molecule has 6 nitrogen and oxygen atoms in total. The molecule has 0 fully saturated rings. The first-order chi connectivity index (χ1) is 11.6. The number of nitrogens with zero attached hydrogens (tertiary/aromatic N) is 1. The Bertz CT molecular complexity index is 871. The number of halogens is 1. The van der Waals surface area contributed by atoms with Gasteiger partial charge in [-0.3, -0.25) is 9.78 Å². The molecule has 3 rings (SSSR count). The van der Waals surface area contributed by atoms with E-state index >= 15 is 0 Å². The van der Waals surface area contributed by atoms with Gasteiger partial charge in [-0.05, 0) is 29.7 Å². The summed E-state index contributed by atoms with van der Waals surface area (Å²) < 4.78 is 0. The first-order valence-electron chi connectivity index (χ1n) is 7.37. The minimum atomic E-state index is -0.522. The highest BCUT2D eigenvalue weighted by atomic mass is 35.5. The van der Waals surface area contributed by atoms with E-state index < -0.39 is 11.6 Å². The van der Waals surface area contributed by atoms with E-state index in [4.69, 9.17) is 11.6 Å². The van der Waals surface area contributed by atoms with Crippen molar-refractivity contribution < 1.29 is 4.79 Å². The van der Waals surface area contributed by atoms with Crippen LogP contribution in [0.5, 0.6) is 0 Å². The van der Waals surface area contributed by atoms with E-state index in [1.165, 1.54) is 0 Å². The summed E-state index contributed by atoms with van der Waals surface area (Å²) in [4.78, 5) is 25.8. The second-order valence-electron chi connectivity index (χ2n) is 5.29. The van der Waals surface area contributed by atoms with Crippen molar-refractivity contribution in [1.29, 1.82) is 0 Å². The number of amides is 1. The highest BCUT2D eigenvalue weighted by Crippen LogP contribution is 2.21. The second-order valence-corrected chi connectivity index (χ2v) is 5.73. The van der Waals surface area contributed by atoms with Gasteiger partial charge in [-0.25, -0.2) is 9.89 Å². The maximum absolute atomic E-state index is 12.3. The van der Waals surface area contributed by atoms with Crippen molar-refractivity contribution in [1.82, 2.24) is 20.5 Å². The number of rotatable bonds is 5. The number of H-pyrrole nitrogens is 2. The molecule has 1 heterocycles. The van der Waals surface area contributed by atoms with Crippen LogP contribution < -0.4 is 11.0 Å². The van der Waals surface area contributed by atoms with Crippen molar-refractivity contribution in [2.45, 2.75) is 12.5 Å². The van der Waals surface area contributed by atoms with Crippen LogP contribution in [0.3, 0.4) is 0 Å². The average molecular weight is 343 g/mol. The Morgan fingerprint density at radius 3 is 2.46 bits per heavy atom. The molecule has 7 heteroatoms. The number of carbonyl (C=O) groups is 1. The number of aromatic amines is 2. The topological polar surface area (TPSA) is 90.6 Å². The highest BCUT2D eigenvalue weighted by Gasteiger charge is 2.18. The number of benzene rings is 2. The predicted octanol–water partition coefficient (Wildman–Crippen LogP) is 2.47. The molecular weight excluding hydrogens is 328 g/mol. The number of hydrogen-bond acceptors (Lipinski definition) is 3. The molecule has 3 aromatic rings. The fourth-order valence-electron chi connectivity index (χ4n) is 2.40. The van der Waals surface area contributed by atoms with Crippen molar-refractivity contribution >= 4 is 17.5 Å². The fraction of sp³-hybridized carbons (Fsp3) is 0.118. The molecule has 1 aromatic heterocycles. The van der Waals surface area contributed by atoms with Crippen molar-refractivity contribution in [3.8, 4) is 0 Å². The lowest BCUT2D eigenvalue weighted by atomic mass is 9.99. The third-order valence-electron chi connectivity index (χ3n) is 3.58. The zero-order chi connectivity index (χ0) is 16.9. The maximum Gasteiger partial charge on any atom is 0.341 e. The summed E-state index contributed by atoms with van der Waals surface area (Å²) in [7, 11) is 0. The number of aromatic nitrogens is 3. The summed E-state index contributed by atoms with van der Waals surface area (Å²) in [6.07, 6.45) is 0.600. The van der Waals surface area contributed by atoms with E-state index in [1.807, 2.05) is 42.5 Å². The molecule has 1 amide bonds. The minimum Gasteiger partial charge on any atom is -0.342 e. The van der Waals surface area contributed by atoms with Crippen LogP contribution in [-0.2, 0) is 6.42 Å². The lowest BCUT2D eigenvalue weighted by Gasteiger charge is -2.19. The molecular formula is C17H15ClN4O2. The Hall–Kier alpha value is -2.86. The Labute approximate surface area is 142 Å². The van der Waals surface area contributed by atoms with Crippen LogP contribution in [0, 0.1) is 0 Å². The van der Waals surface area contributed by atoms with Gasteiger partial charge in [-0.15, -0.1) is 5.10 Å². The monoisotopic (exact) mass is 342 g/mol. The molecule has 0 aliphatic heterocycles. The molecule has 0 aliphatic carbocycles. The van der Waals surface area contributed by atoms with Gasteiger partial charge in [0, 0.05) is 5.02 Å². The summed E-state index contributed by atoms with van der Waals surface area (Å²) in [5.41, 5.74) is 1.47. The first-order valence-corrected chi connectivity index (χ1v) is 7.74. The van der Waals surface area contributed by atoms with Gasteiger partial charge in [0.2, 0.25) is 5.82 Å². The molecule has 0 spiro atoms. The zero-order valence-electron chi connectivity index (χ0n) is 12.6. The third-order valence-corrected chi connectivity index (χ3v) is 3.83. The van der Waals surface area contributed by atoms with Gasteiger partial charge in [0.15, 0.2) is 0 Å². The highest BCUT2D eigenvalue weighted by molar-refractivity contribution is 6.30. The first kappa shape index (κ1) is 16.0. The van der Waals surface area contributed by atoms with Crippen LogP contribution in [0.1, 0.15) is 27.8 Å². The fourth-order valence-corrected chi connectivity index (χ4v) is 2.53. The van der Waals surface area contributed by atoms with E-state index in [-0.39, 0.29) is 11.9 Å². The number of hydrogen-bond donors (Lipinski definition) is 3. The molecule has 2 aromatic carbocycles. The SMILES string of the molecule is O=C(N[C@H](Cc1ccccc1)c1ccc(Cl)cc1)c1n[nH]c(=O)[nH]1. The van der Waals surface area contributed by atoms with Gasteiger partial charge in [0.05, 0.1) is 6.04 Å². The van der Waals surface area contributed by atoms with E-state index in [0.29, 0.717) is 11.4 Å². The van der Waals surface area contributed by atoms with E-state index in [9.17, 15) is 9.59 Å².